The van der Waals surface area contributed by atoms with Gasteiger partial charge in [0.1, 0.15) is 0 Å². The van der Waals surface area contributed by atoms with Gasteiger partial charge in [0.25, 0.3) is 0 Å². The van der Waals surface area contributed by atoms with Crippen molar-refractivity contribution in [3.8, 4) is 11.1 Å². The average molecular weight is 949 g/mol. The predicted molar refractivity (Wildman–Crippen MR) is 309 cm³/mol. The molecule has 14 rings (SSSR count). The summed E-state index contributed by atoms with van der Waals surface area (Å²) in [6.45, 7) is 4.79. The normalized spacial score (nSPS) is 12.6. The van der Waals surface area contributed by atoms with E-state index in [0.717, 1.165) is 105 Å². The summed E-state index contributed by atoms with van der Waals surface area (Å²) >= 11 is 0. The Morgan fingerprint density at radius 1 is 0.284 bits per heavy atom. The van der Waals surface area contributed by atoms with Crippen molar-refractivity contribution in [2.75, 3.05) is 14.7 Å². The van der Waals surface area contributed by atoms with Gasteiger partial charge in [-0.25, -0.2) is 0 Å². The van der Waals surface area contributed by atoms with Gasteiger partial charge in [0.2, 0.25) is 0 Å². The first-order chi connectivity index (χ1) is 36.5. The maximum Gasteiger partial charge on any atom is 0.0703 e. The summed E-state index contributed by atoms with van der Waals surface area (Å²) in [5, 5.41) is 7.80. The molecule has 0 unspecified atom stereocenters. The number of hydrogen-bond donors (Lipinski definition) is 0. The van der Waals surface area contributed by atoms with Crippen LogP contribution in [-0.4, -0.2) is 15.0 Å². The smallest absolute Gasteiger partial charge is 0.0703 e. The first kappa shape index (κ1) is 43.2. The molecule has 0 aliphatic heterocycles. The Kier molecular flexibility index (Phi) is 10.1. The molecule has 13 aromatic rings. The molecule has 3 aromatic heterocycles. The lowest BCUT2D eigenvalue weighted by molar-refractivity contribution is 0.661. The Balaban J connectivity index is 1.07. The molecule has 1 aliphatic rings. The summed E-state index contributed by atoms with van der Waals surface area (Å²) in [5.41, 5.74) is 17.2. The molecule has 74 heavy (non-hydrogen) atoms. The summed E-state index contributed by atoms with van der Waals surface area (Å²) in [6.07, 6.45) is 5.59. The minimum atomic E-state index is -0.385. The first-order valence-corrected chi connectivity index (χ1v) is 25.2. The highest BCUT2D eigenvalue weighted by molar-refractivity contribution is 6.24. The second-order valence-corrected chi connectivity index (χ2v) is 19.7. The number of pyridine rings is 3. The van der Waals surface area contributed by atoms with E-state index in [-0.39, 0.29) is 5.41 Å². The minimum absolute atomic E-state index is 0.385. The maximum atomic E-state index is 4.74. The van der Waals surface area contributed by atoms with Gasteiger partial charge in [-0.3, -0.25) is 15.0 Å². The third-order valence-electron chi connectivity index (χ3n) is 15.0. The van der Waals surface area contributed by atoms with Crippen molar-refractivity contribution in [3.05, 3.63) is 266 Å². The molecule has 0 spiro atoms. The van der Waals surface area contributed by atoms with Gasteiger partial charge in [0, 0.05) is 102 Å². The molecule has 0 radical (unpaired) electrons. The Bertz CT molecular complexity index is 4310. The molecule has 0 amide bonds. The Labute approximate surface area is 429 Å². The highest BCUT2D eigenvalue weighted by Crippen LogP contribution is 2.57. The van der Waals surface area contributed by atoms with Gasteiger partial charge >= 0.3 is 0 Å². The third kappa shape index (κ3) is 7.06. The van der Waals surface area contributed by atoms with E-state index in [1.165, 1.54) is 22.3 Å². The van der Waals surface area contributed by atoms with Crippen LogP contribution in [0.5, 0.6) is 0 Å². The van der Waals surface area contributed by atoms with Crippen molar-refractivity contribution in [3.63, 3.8) is 0 Å². The molecule has 10 aromatic carbocycles. The number of anilines is 9. The van der Waals surface area contributed by atoms with Crippen LogP contribution in [0.25, 0.3) is 65.4 Å². The largest absolute Gasteiger partial charge is 0.310 e. The summed E-state index contributed by atoms with van der Waals surface area (Å²) in [6, 6.07) is 85.7. The lowest BCUT2D eigenvalue weighted by atomic mass is 9.81. The summed E-state index contributed by atoms with van der Waals surface area (Å²) in [4.78, 5) is 21.4. The van der Waals surface area contributed by atoms with E-state index in [1.807, 2.05) is 36.8 Å². The highest BCUT2D eigenvalue weighted by Gasteiger charge is 2.38. The Morgan fingerprint density at radius 2 is 0.662 bits per heavy atom. The fourth-order valence-corrected chi connectivity index (χ4v) is 11.6. The Hall–Kier alpha value is -9.65. The summed E-state index contributed by atoms with van der Waals surface area (Å²) in [7, 11) is 0. The fraction of sp³-hybridized carbons (Fsp3) is 0.0441. The topological polar surface area (TPSA) is 48.4 Å². The number of hydrogen-bond acceptors (Lipinski definition) is 6. The van der Waals surface area contributed by atoms with Gasteiger partial charge in [0.15, 0.2) is 0 Å². The maximum absolute atomic E-state index is 4.74. The zero-order valence-electron chi connectivity index (χ0n) is 40.9. The molecule has 3 heterocycles. The van der Waals surface area contributed by atoms with Gasteiger partial charge in [-0.15, -0.1) is 0 Å². The molecule has 1 aliphatic carbocycles. The molecule has 6 heteroatoms. The molecule has 0 N–H and O–H groups in total. The van der Waals surface area contributed by atoms with Crippen LogP contribution in [0.15, 0.2) is 255 Å². The van der Waals surface area contributed by atoms with E-state index in [1.54, 1.807) is 0 Å². The molecule has 0 saturated carbocycles. The highest BCUT2D eigenvalue weighted by atomic mass is 15.2. The van der Waals surface area contributed by atoms with E-state index in [4.69, 9.17) is 9.97 Å². The van der Waals surface area contributed by atoms with Crippen LogP contribution >= 0.6 is 0 Å². The molecule has 0 saturated heterocycles. The zero-order chi connectivity index (χ0) is 49.3. The van der Waals surface area contributed by atoms with Crippen molar-refractivity contribution >= 4 is 105 Å². The zero-order valence-corrected chi connectivity index (χ0v) is 40.9. The van der Waals surface area contributed by atoms with Crippen LogP contribution in [0.2, 0.25) is 0 Å². The molecule has 0 bridgehead atoms. The average Bonchev–Trinajstić information content (AvgIpc) is 3.75. The van der Waals surface area contributed by atoms with E-state index in [0.29, 0.717) is 0 Å². The molecule has 0 fully saturated rings. The summed E-state index contributed by atoms with van der Waals surface area (Å²) < 4.78 is 0. The number of rotatable bonds is 9. The van der Waals surface area contributed by atoms with Gasteiger partial charge in [-0.2, -0.15) is 0 Å². The molecule has 350 valence electrons. The van der Waals surface area contributed by atoms with Crippen molar-refractivity contribution in [2.24, 2.45) is 0 Å². The third-order valence-corrected chi connectivity index (χ3v) is 15.0. The number of para-hydroxylation sites is 3. The van der Waals surface area contributed by atoms with Crippen LogP contribution in [0.3, 0.4) is 0 Å². The van der Waals surface area contributed by atoms with E-state index in [9.17, 15) is 0 Å². The molecular formula is C68H48N6. The number of benzene rings is 10. The monoisotopic (exact) mass is 948 g/mol. The van der Waals surface area contributed by atoms with Crippen molar-refractivity contribution in [1.82, 2.24) is 15.0 Å². The fourth-order valence-electron chi connectivity index (χ4n) is 11.6. The van der Waals surface area contributed by atoms with Crippen LogP contribution in [0.4, 0.5) is 51.2 Å². The van der Waals surface area contributed by atoms with Crippen molar-refractivity contribution in [2.45, 2.75) is 19.3 Å². The minimum Gasteiger partial charge on any atom is -0.310 e. The molecule has 0 atom stereocenters. The van der Waals surface area contributed by atoms with Gasteiger partial charge in [-0.1, -0.05) is 117 Å². The predicted octanol–water partition coefficient (Wildman–Crippen LogP) is 18.4. The quantitative estimate of drug-likeness (QED) is 0.106. The second-order valence-electron chi connectivity index (χ2n) is 19.7. The van der Waals surface area contributed by atoms with Crippen LogP contribution in [0.1, 0.15) is 25.0 Å². The van der Waals surface area contributed by atoms with Crippen LogP contribution < -0.4 is 14.7 Å². The van der Waals surface area contributed by atoms with Gasteiger partial charge in [-0.05, 0) is 156 Å². The summed E-state index contributed by atoms with van der Waals surface area (Å²) in [5.74, 6) is 0. The van der Waals surface area contributed by atoms with Crippen LogP contribution in [-0.2, 0) is 5.41 Å². The standard InChI is InChI=1S/C68H48N6/c1-68(2)61-42-54(72(48-20-6-3-7-21-48)51-29-33-63-45(39-51)17-14-36-69-63)28-32-55(61)58-43-59-60(44-62(58)68)67(74(50-24-10-5-11-25-50)53-31-35-65-47(41-53)19-16-38-71-65)57-27-13-12-26-56(57)66(59)73(49-22-8-4-9-23-49)52-30-34-64-46(40-52)18-15-37-70-64/h3-44H,1-2H3. The van der Waals surface area contributed by atoms with Gasteiger partial charge in [0.05, 0.1) is 27.9 Å². The first-order valence-electron chi connectivity index (χ1n) is 25.2. The lowest BCUT2D eigenvalue weighted by Gasteiger charge is -2.33. The van der Waals surface area contributed by atoms with Crippen LogP contribution in [0, 0.1) is 0 Å². The van der Waals surface area contributed by atoms with Crippen molar-refractivity contribution in [1.29, 1.82) is 0 Å². The van der Waals surface area contributed by atoms with Gasteiger partial charge < -0.3 is 14.7 Å². The number of fused-ring (bicyclic) bond motifs is 8. The second kappa shape index (κ2) is 17.3. The molecular weight excluding hydrogens is 901 g/mol. The number of nitrogens with zero attached hydrogens (tertiary/aromatic N) is 6. The number of aromatic nitrogens is 3. The lowest BCUT2D eigenvalue weighted by Crippen LogP contribution is -2.17. The SMILES string of the molecule is CC1(C)c2cc(N(c3ccccc3)c3ccc4ncccc4c3)ccc2-c2cc3c(N(c4ccccc4)c4ccc5ncccc5c4)c4ccccc4c(N(c4ccccc4)c4ccc5ncccc5c4)c3cc21. The van der Waals surface area contributed by atoms with E-state index >= 15 is 0 Å². The van der Waals surface area contributed by atoms with Crippen molar-refractivity contribution < 1.29 is 0 Å². The van der Waals surface area contributed by atoms with E-state index in [2.05, 4.69) is 252 Å². The van der Waals surface area contributed by atoms with E-state index < -0.39 is 0 Å². The Morgan fingerprint density at radius 3 is 1.14 bits per heavy atom. The molecule has 6 nitrogen and oxygen atoms in total.